The van der Waals surface area contributed by atoms with Crippen molar-refractivity contribution in [2.45, 2.75) is 40.2 Å². The highest BCUT2D eigenvalue weighted by molar-refractivity contribution is 7.18. The SMILES string of the molecule is CCOC(=O)c1sc(N)c(C(=O)OC(C)(C)C)c1C. The van der Waals surface area contributed by atoms with Gasteiger partial charge in [-0.3, -0.25) is 0 Å². The third kappa shape index (κ3) is 3.70. The van der Waals surface area contributed by atoms with Crippen LogP contribution in [0.1, 0.15) is 53.3 Å². The predicted octanol–water partition coefficient (Wildman–Crippen LogP) is 2.77. The fraction of sp³-hybridized carbons (Fsp3) is 0.538. The van der Waals surface area contributed by atoms with Crippen molar-refractivity contribution < 1.29 is 19.1 Å². The second kappa shape index (κ2) is 5.61. The highest BCUT2D eigenvalue weighted by Gasteiger charge is 2.27. The monoisotopic (exact) mass is 285 g/mol. The third-order valence-electron chi connectivity index (χ3n) is 2.24. The van der Waals surface area contributed by atoms with Crippen LogP contribution in [0.15, 0.2) is 0 Å². The number of thiophene rings is 1. The average Bonchev–Trinajstić information content (AvgIpc) is 2.52. The number of esters is 2. The molecule has 19 heavy (non-hydrogen) atoms. The molecule has 0 radical (unpaired) electrons. The van der Waals surface area contributed by atoms with Gasteiger partial charge in [0.2, 0.25) is 0 Å². The van der Waals surface area contributed by atoms with Gasteiger partial charge in [-0.1, -0.05) is 0 Å². The Bertz CT molecular complexity index is 499. The van der Waals surface area contributed by atoms with Crippen molar-refractivity contribution in [2.24, 2.45) is 0 Å². The molecule has 1 aromatic rings. The van der Waals surface area contributed by atoms with Gasteiger partial charge in [-0.15, -0.1) is 11.3 Å². The molecule has 0 saturated heterocycles. The lowest BCUT2D eigenvalue weighted by molar-refractivity contribution is 0.00706. The van der Waals surface area contributed by atoms with Crippen molar-refractivity contribution in [1.29, 1.82) is 0 Å². The first kappa shape index (κ1) is 15.5. The van der Waals surface area contributed by atoms with Gasteiger partial charge in [0.1, 0.15) is 15.5 Å². The van der Waals surface area contributed by atoms with Gasteiger partial charge < -0.3 is 15.2 Å². The average molecular weight is 285 g/mol. The van der Waals surface area contributed by atoms with Gasteiger partial charge in [-0.2, -0.15) is 0 Å². The molecule has 1 rings (SSSR count). The summed E-state index contributed by atoms with van der Waals surface area (Å²) in [6.07, 6.45) is 0. The number of hydrogen-bond donors (Lipinski definition) is 1. The van der Waals surface area contributed by atoms with Crippen LogP contribution in [0.2, 0.25) is 0 Å². The first-order valence-corrected chi connectivity index (χ1v) is 6.78. The Labute approximate surface area is 116 Å². The largest absolute Gasteiger partial charge is 0.462 e. The molecule has 0 saturated carbocycles. The summed E-state index contributed by atoms with van der Waals surface area (Å²) >= 11 is 1.05. The minimum atomic E-state index is -0.609. The normalized spacial score (nSPS) is 11.2. The van der Waals surface area contributed by atoms with Gasteiger partial charge in [0.05, 0.1) is 12.2 Å². The van der Waals surface area contributed by atoms with Crippen molar-refractivity contribution in [3.63, 3.8) is 0 Å². The zero-order chi connectivity index (χ0) is 14.8. The molecule has 5 nitrogen and oxygen atoms in total. The Balaban J connectivity index is 3.10. The Morgan fingerprint density at radius 2 is 1.84 bits per heavy atom. The van der Waals surface area contributed by atoms with E-state index in [1.807, 2.05) is 0 Å². The van der Waals surface area contributed by atoms with Crippen molar-refractivity contribution in [2.75, 3.05) is 12.3 Å². The Morgan fingerprint density at radius 1 is 1.26 bits per heavy atom. The number of carbonyl (C=O) groups is 2. The maximum absolute atomic E-state index is 12.0. The summed E-state index contributed by atoms with van der Waals surface area (Å²) in [5, 5.41) is 0.273. The van der Waals surface area contributed by atoms with Crippen LogP contribution in [-0.2, 0) is 9.47 Å². The Hall–Kier alpha value is -1.56. The van der Waals surface area contributed by atoms with E-state index in [1.165, 1.54) is 0 Å². The van der Waals surface area contributed by atoms with E-state index in [9.17, 15) is 9.59 Å². The van der Waals surface area contributed by atoms with E-state index in [4.69, 9.17) is 15.2 Å². The molecule has 106 valence electrons. The summed E-state index contributed by atoms with van der Waals surface area (Å²) in [4.78, 5) is 24.1. The zero-order valence-corrected chi connectivity index (χ0v) is 12.6. The highest BCUT2D eigenvalue weighted by Crippen LogP contribution is 2.32. The van der Waals surface area contributed by atoms with Crippen molar-refractivity contribution in [3.8, 4) is 0 Å². The highest BCUT2D eigenvalue weighted by atomic mass is 32.1. The minimum Gasteiger partial charge on any atom is -0.462 e. The van der Waals surface area contributed by atoms with E-state index in [0.29, 0.717) is 10.4 Å². The molecule has 1 heterocycles. The minimum absolute atomic E-state index is 0.253. The predicted molar refractivity (Wildman–Crippen MR) is 74.6 cm³/mol. The molecule has 0 aliphatic rings. The fourth-order valence-corrected chi connectivity index (χ4v) is 2.47. The second-order valence-electron chi connectivity index (χ2n) is 5.02. The van der Waals surface area contributed by atoms with E-state index < -0.39 is 17.5 Å². The van der Waals surface area contributed by atoms with E-state index in [2.05, 4.69) is 0 Å². The van der Waals surface area contributed by atoms with Crippen LogP contribution in [0.3, 0.4) is 0 Å². The summed E-state index contributed by atoms with van der Waals surface area (Å²) < 4.78 is 10.2. The van der Waals surface area contributed by atoms with Gasteiger partial charge in [0.15, 0.2) is 0 Å². The molecule has 0 unspecified atom stereocenters. The molecular formula is C13H19NO4S. The molecule has 0 spiro atoms. The molecule has 2 N–H and O–H groups in total. The number of ether oxygens (including phenoxy) is 2. The first-order valence-electron chi connectivity index (χ1n) is 5.96. The van der Waals surface area contributed by atoms with E-state index in [1.54, 1.807) is 34.6 Å². The Kier molecular flexibility index (Phi) is 4.57. The fourth-order valence-electron chi connectivity index (χ4n) is 1.51. The van der Waals surface area contributed by atoms with Gasteiger partial charge in [-0.25, -0.2) is 9.59 Å². The number of nitrogen functional groups attached to an aromatic ring is 1. The van der Waals surface area contributed by atoms with Crippen LogP contribution in [-0.4, -0.2) is 24.1 Å². The smallest absolute Gasteiger partial charge is 0.348 e. The Morgan fingerprint density at radius 3 is 2.32 bits per heavy atom. The molecular weight excluding hydrogens is 266 g/mol. The number of carbonyl (C=O) groups excluding carboxylic acids is 2. The van der Waals surface area contributed by atoms with Crippen LogP contribution in [0.25, 0.3) is 0 Å². The topological polar surface area (TPSA) is 78.6 Å². The van der Waals surface area contributed by atoms with Crippen LogP contribution < -0.4 is 5.73 Å². The molecule has 1 aromatic heterocycles. The lowest BCUT2D eigenvalue weighted by atomic mass is 10.1. The number of hydrogen-bond acceptors (Lipinski definition) is 6. The molecule has 0 bridgehead atoms. The molecule has 0 atom stereocenters. The van der Waals surface area contributed by atoms with Crippen LogP contribution in [0, 0.1) is 6.92 Å². The summed E-state index contributed by atoms with van der Waals surface area (Å²) in [5.41, 5.74) is 5.96. The molecule has 0 aromatic carbocycles. The van der Waals surface area contributed by atoms with Gasteiger partial charge in [0.25, 0.3) is 0 Å². The number of rotatable bonds is 3. The summed E-state index contributed by atoms with van der Waals surface area (Å²) in [6.45, 7) is 8.98. The summed E-state index contributed by atoms with van der Waals surface area (Å²) in [5.74, 6) is -0.985. The van der Waals surface area contributed by atoms with Crippen LogP contribution in [0.5, 0.6) is 0 Å². The lowest BCUT2D eigenvalue weighted by Gasteiger charge is -2.19. The molecule has 0 amide bonds. The van der Waals surface area contributed by atoms with E-state index >= 15 is 0 Å². The zero-order valence-electron chi connectivity index (χ0n) is 11.8. The molecule has 0 fully saturated rings. The van der Waals surface area contributed by atoms with Crippen LogP contribution >= 0.6 is 11.3 Å². The van der Waals surface area contributed by atoms with Crippen molar-refractivity contribution in [3.05, 3.63) is 16.0 Å². The quantitative estimate of drug-likeness (QED) is 0.864. The number of anilines is 1. The molecule has 6 heteroatoms. The van der Waals surface area contributed by atoms with Crippen LogP contribution in [0.4, 0.5) is 5.00 Å². The van der Waals surface area contributed by atoms with E-state index in [-0.39, 0.29) is 17.2 Å². The van der Waals surface area contributed by atoms with Gasteiger partial charge >= 0.3 is 11.9 Å². The van der Waals surface area contributed by atoms with Crippen molar-refractivity contribution >= 4 is 28.3 Å². The lowest BCUT2D eigenvalue weighted by Crippen LogP contribution is -2.24. The van der Waals surface area contributed by atoms with E-state index in [0.717, 1.165) is 11.3 Å². The van der Waals surface area contributed by atoms with Gasteiger partial charge in [0, 0.05) is 0 Å². The second-order valence-corrected chi connectivity index (χ2v) is 6.07. The first-order chi connectivity index (χ1) is 8.67. The number of nitrogens with two attached hydrogens (primary N) is 1. The molecule has 0 aliphatic heterocycles. The maximum Gasteiger partial charge on any atom is 0.348 e. The third-order valence-corrected chi connectivity index (χ3v) is 3.34. The van der Waals surface area contributed by atoms with Gasteiger partial charge in [-0.05, 0) is 40.2 Å². The van der Waals surface area contributed by atoms with Crippen molar-refractivity contribution in [1.82, 2.24) is 0 Å². The molecule has 0 aliphatic carbocycles. The summed E-state index contributed by atoms with van der Waals surface area (Å²) in [6, 6.07) is 0. The maximum atomic E-state index is 12.0. The summed E-state index contributed by atoms with van der Waals surface area (Å²) in [7, 11) is 0. The standard InChI is InChI=1S/C13H19NO4S/c1-6-17-12(16)9-7(2)8(10(14)19-9)11(15)18-13(3,4)5/h6,14H2,1-5H3.